The molecule has 0 spiro atoms. The summed E-state index contributed by atoms with van der Waals surface area (Å²) < 4.78 is 2.49. The van der Waals surface area contributed by atoms with Crippen molar-refractivity contribution in [1.82, 2.24) is 24.7 Å². The second-order valence-corrected chi connectivity index (χ2v) is 9.08. The minimum Gasteiger partial charge on any atom is -0.382 e. The number of benzene rings is 2. The quantitative estimate of drug-likeness (QED) is 0.375. The highest BCUT2D eigenvalue weighted by Crippen LogP contribution is 2.38. The second-order valence-electron chi connectivity index (χ2n) is 8.20. The molecule has 0 fully saturated rings. The van der Waals surface area contributed by atoms with Crippen LogP contribution in [-0.4, -0.2) is 37.7 Å². The normalized spacial score (nSPS) is 11.4. The van der Waals surface area contributed by atoms with E-state index in [1.54, 1.807) is 22.5 Å². The molecule has 9 nitrogen and oxygen atoms in total. The summed E-state index contributed by atoms with van der Waals surface area (Å²) in [6.45, 7) is 0. The molecular weight excluding hydrogens is 460 g/mol. The van der Waals surface area contributed by atoms with Gasteiger partial charge in [0.2, 0.25) is 0 Å². The predicted molar refractivity (Wildman–Crippen MR) is 140 cm³/mol. The summed E-state index contributed by atoms with van der Waals surface area (Å²) in [5.41, 5.74) is 10.4. The van der Waals surface area contributed by atoms with Crippen molar-refractivity contribution < 1.29 is 4.79 Å². The van der Waals surface area contributed by atoms with Crippen molar-refractivity contribution in [2.75, 3.05) is 23.0 Å². The second kappa shape index (κ2) is 8.03. The molecule has 0 aliphatic heterocycles. The van der Waals surface area contributed by atoms with E-state index in [9.17, 15) is 4.79 Å². The number of nitrogen functional groups attached to an aromatic ring is 1. The van der Waals surface area contributed by atoms with E-state index in [0.29, 0.717) is 27.3 Å². The van der Waals surface area contributed by atoms with Crippen molar-refractivity contribution >= 4 is 72.0 Å². The summed E-state index contributed by atoms with van der Waals surface area (Å²) in [6, 6.07) is 12.0. The number of hydrogen-bond acceptors (Lipinski definition) is 8. The van der Waals surface area contributed by atoms with Crippen molar-refractivity contribution in [3.63, 3.8) is 0 Å². The Hall–Kier alpha value is -4.57. The molecule has 0 radical (unpaired) electrons. The summed E-state index contributed by atoms with van der Waals surface area (Å²) in [6.07, 6.45) is 6.86. The average molecular weight is 481 g/mol. The first-order valence-electron chi connectivity index (χ1n) is 10.8. The molecule has 2 aromatic carbocycles. The third-order valence-electron chi connectivity index (χ3n) is 6.01. The number of nitrogens with two attached hydrogens (primary N) is 1. The van der Waals surface area contributed by atoms with E-state index in [0.717, 1.165) is 33.1 Å². The molecule has 4 aromatic heterocycles. The fourth-order valence-corrected chi connectivity index (χ4v) is 5.17. The van der Waals surface area contributed by atoms with E-state index < -0.39 is 0 Å². The maximum absolute atomic E-state index is 13.5. The number of amides is 1. The fraction of sp³-hybridized carbons (Fsp3) is 0.0800. The largest absolute Gasteiger partial charge is 0.382 e. The van der Waals surface area contributed by atoms with Crippen LogP contribution in [0.1, 0.15) is 10.4 Å². The lowest BCUT2D eigenvalue weighted by molar-refractivity contribution is 0.102. The molecule has 35 heavy (non-hydrogen) atoms. The zero-order valence-electron chi connectivity index (χ0n) is 18.9. The van der Waals surface area contributed by atoms with Gasteiger partial charge in [0.1, 0.15) is 12.1 Å². The molecule has 0 aliphatic carbocycles. The summed E-state index contributed by atoms with van der Waals surface area (Å²) >= 11 is 1.35. The number of nitrogens with one attached hydrogen (secondary N) is 1. The highest BCUT2D eigenvalue weighted by atomic mass is 32.1. The molecule has 0 saturated heterocycles. The Kier molecular flexibility index (Phi) is 4.82. The van der Waals surface area contributed by atoms with Gasteiger partial charge in [0, 0.05) is 59.9 Å². The molecule has 10 heteroatoms. The van der Waals surface area contributed by atoms with Gasteiger partial charge in [-0.2, -0.15) is 5.10 Å². The van der Waals surface area contributed by atoms with E-state index in [4.69, 9.17) is 5.73 Å². The van der Waals surface area contributed by atoms with Gasteiger partial charge in [0.15, 0.2) is 0 Å². The van der Waals surface area contributed by atoms with Crippen LogP contribution in [0.2, 0.25) is 0 Å². The van der Waals surface area contributed by atoms with Gasteiger partial charge >= 0.3 is 0 Å². The van der Waals surface area contributed by atoms with E-state index in [2.05, 4.69) is 31.4 Å². The van der Waals surface area contributed by atoms with Crippen LogP contribution in [0.5, 0.6) is 0 Å². The summed E-state index contributed by atoms with van der Waals surface area (Å²) in [7, 11) is 3.88. The predicted octanol–water partition coefficient (Wildman–Crippen LogP) is 4.73. The standard InChI is InChI=1S/C25H20N8OS/c1-32-11-15-9-16(4-5-19(15)31-32)33(2)20-6-3-14-10-27-8-7-17(14)21(20)30-25(34)18-12-35-23-22(18)28-13-29-24(23)26/h3-13H,1-2H3,(H,30,34)(H2,26,28,29). The zero-order chi connectivity index (χ0) is 24.1. The minimum atomic E-state index is -0.268. The molecular formula is C25H20N8OS. The average Bonchev–Trinajstić information content (AvgIpc) is 3.47. The van der Waals surface area contributed by atoms with Crippen molar-refractivity contribution in [3.8, 4) is 0 Å². The van der Waals surface area contributed by atoms with Crippen LogP contribution in [-0.2, 0) is 7.05 Å². The fourth-order valence-electron chi connectivity index (χ4n) is 4.26. The van der Waals surface area contributed by atoms with Gasteiger partial charge < -0.3 is 16.0 Å². The number of carbonyl (C=O) groups is 1. The molecule has 172 valence electrons. The number of thiophene rings is 1. The third-order valence-corrected chi connectivity index (χ3v) is 7.01. The number of aromatic nitrogens is 5. The third kappa shape index (κ3) is 3.51. The molecule has 0 unspecified atom stereocenters. The molecule has 6 aromatic rings. The molecule has 0 aliphatic rings. The smallest absolute Gasteiger partial charge is 0.258 e. The van der Waals surface area contributed by atoms with Crippen molar-refractivity contribution in [3.05, 3.63) is 72.3 Å². The Morgan fingerprint density at radius 3 is 2.91 bits per heavy atom. The van der Waals surface area contributed by atoms with Crippen LogP contribution in [0, 0.1) is 0 Å². The van der Waals surface area contributed by atoms with Crippen molar-refractivity contribution in [1.29, 1.82) is 0 Å². The molecule has 6 rings (SSSR count). The Balaban J connectivity index is 1.46. The molecule has 0 saturated carbocycles. The van der Waals surface area contributed by atoms with Crippen molar-refractivity contribution in [2.24, 2.45) is 7.05 Å². The Morgan fingerprint density at radius 1 is 1.14 bits per heavy atom. The number of pyridine rings is 1. The highest BCUT2D eigenvalue weighted by Gasteiger charge is 2.20. The van der Waals surface area contributed by atoms with Gasteiger partial charge in [0.05, 0.1) is 32.7 Å². The van der Waals surface area contributed by atoms with E-state index in [1.165, 1.54) is 17.7 Å². The van der Waals surface area contributed by atoms with E-state index in [-0.39, 0.29) is 5.91 Å². The number of fused-ring (bicyclic) bond motifs is 3. The van der Waals surface area contributed by atoms with Gasteiger partial charge in [-0.25, -0.2) is 9.97 Å². The minimum absolute atomic E-state index is 0.268. The first kappa shape index (κ1) is 21.0. The lowest BCUT2D eigenvalue weighted by atomic mass is 10.1. The number of rotatable bonds is 4. The SMILES string of the molecule is CN(c1ccc2nn(C)cc2c1)c1ccc2cnccc2c1NC(=O)c1csc2c(N)ncnc12. The number of carbonyl (C=O) groups excluding carboxylic acids is 1. The maximum Gasteiger partial charge on any atom is 0.258 e. The molecule has 4 heterocycles. The van der Waals surface area contributed by atoms with Gasteiger partial charge in [-0.05, 0) is 30.3 Å². The van der Waals surface area contributed by atoms with Gasteiger partial charge in [-0.3, -0.25) is 14.5 Å². The summed E-state index contributed by atoms with van der Waals surface area (Å²) in [5.74, 6) is 0.0949. The van der Waals surface area contributed by atoms with Crippen LogP contribution in [0.15, 0.2) is 66.7 Å². The van der Waals surface area contributed by atoms with Gasteiger partial charge in [0.25, 0.3) is 5.91 Å². The zero-order valence-corrected chi connectivity index (χ0v) is 19.7. The Labute approximate surface area is 203 Å². The number of aryl methyl sites for hydroxylation is 1. The maximum atomic E-state index is 13.5. The van der Waals surface area contributed by atoms with Gasteiger partial charge in [-0.15, -0.1) is 11.3 Å². The summed E-state index contributed by atoms with van der Waals surface area (Å²) in [4.78, 5) is 28.1. The first-order valence-corrected chi connectivity index (χ1v) is 11.7. The van der Waals surface area contributed by atoms with Crippen molar-refractivity contribution in [2.45, 2.75) is 0 Å². The van der Waals surface area contributed by atoms with Crippen LogP contribution in [0.4, 0.5) is 22.9 Å². The van der Waals surface area contributed by atoms with Crippen LogP contribution in [0.25, 0.3) is 31.9 Å². The lowest BCUT2D eigenvalue weighted by Gasteiger charge is -2.24. The topological polar surface area (TPSA) is 115 Å². The highest BCUT2D eigenvalue weighted by molar-refractivity contribution is 7.18. The molecule has 3 N–H and O–H groups in total. The molecule has 1 amide bonds. The van der Waals surface area contributed by atoms with Crippen LogP contribution in [0.3, 0.4) is 0 Å². The number of hydrogen-bond donors (Lipinski definition) is 2. The van der Waals surface area contributed by atoms with Crippen LogP contribution >= 0.6 is 11.3 Å². The number of anilines is 4. The molecule has 0 atom stereocenters. The van der Waals surface area contributed by atoms with E-state index >= 15 is 0 Å². The number of nitrogens with zero attached hydrogens (tertiary/aromatic N) is 6. The monoisotopic (exact) mass is 480 g/mol. The Morgan fingerprint density at radius 2 is 2.03 bits per heavy atom. The van der Waals surface area contributed by atoms with E-state index in [1.807, 2.05) is 55.5 Å². The van der Waals surface area contributed by atoms with Gasteiger partial charge in [-0.1, -0.05) is 6.07 Å². The van der Waals surface area contributed by atoms with Crippen LogP contribution < -0.4 is 16.0 Å². The lowest BCUT2D eigenvalue weighted by Crippen LogP contribution is -2.17. The molecule has 0 bridgehead atoms. The Bertz CT molecular complexity index is 1760. The summed E-state index contributed by atoms with van der Waals surface area (Å²) in [5, 5.41) is 12.2. The first-order chi connectivity index (χ1) is 17.0.